The number of benzene rings is 1. The van der Waals surface area contributed by atoms with Crippen molar-refractivity contribution in [3.8, 4) is 10.7 Å². The van der Waals surface area contributed by atoms with Crippen molar-refractivity contribution in [1.29, 1.82) is 0 Å². The molecule has 4 nitrogen and oxygen atoms in total. The molecule has 0 spiro atoms. The third-order valence-corrected chi connectivity index (χ3v) is 6.72. The number of aliphatic imine (C=N–C) groups is 1. The highest BCUT2D eigenvalue weighted by molar-refractivity contribution is 8.38. The quantitative estimate of drug-likeness (QED) is 0.561. The molecule has 7 heteroatoms. The first-order valence-electron chi connectivity index (χ1n) is 7.67. The zero-order valence-corrected chi connectivity index (χ0v) is 15.3. The monoisotopic (exact) mass is 373 g/mol. The number of rotatable bonds is 5. The predicted octanol–water partition coefficient (Wildman–Crippen LogP) is 5.40. The standard InChI is InChI=1S/C17H15N3OS3/c1-2-6-13-12(5-1)11-24-17(18-13)23-10-4-8-15-19-16(20-21-15)14-7-3-9-22-14/h1-3,5-7,9H,4,8,10-11H2. The van der Waals surface area contributed by atoms with Crippen molar-refractivity contribution in [1.82, 2.24) is 10.1 Å². The normalized spacial score (nSPS) is 13.6. The van der Waals surface area contributed by atoms with Crippen LogP contribution in [0.25, 0.3) is 10.7 Å². The Kier molecular flexibility index (Phi) is 5.01. The van der Waals surface area contributed by atoms with Gasteiger partial charge < -0.3 is 4.52 Å². The largest absolute Gasteiger partial charge is 0.339 e. The molecule has 3 aromatic rings. The number of fused-ring (bicyclic) bond motifs is 1. The molecule has 0 N–H and O–H groups in total. The second-order valence-electron chi connectivity index (χ2n) is 5.24. The van der Waals surface area contributed by atoms with Crippen LogP contribution in [-0.4, -0.2) is 20.3 Å². The van der Waals surface area contributed by atoms with Gasteiger partial charge in [-0.2, -0.15) is 4.98 Å². The Labute approximate surface area is 152 Å². The van der Waals surface area contributed by atoms with Crippen LogP contribution in [0.2, 0.25) is 0 Å². The molecule has 0 fully saturated rings. The van der Waals surface area contributed by atoms with Gasteiger partial charge in [0.15, 0.2) is 0 Å². The van der Waals surface area contributed by atoms with Gasteiger partial charge in [0.1, 0.15) is 4.38 Å². The number of hydrogen-bond donors (Lipinski definition) is 0. The minimum atomic E-state index is 0.691. The smallest absolute Gasteiger partial charge is 0.227 e. The van der Waals surface area contributed by atoms with E-state index in [9.17, 15) is 0 Å². The molecule has 1 aromatic carbocycles. The maximum atomic E-state index is 5.33. The highest BCUT2D eigenvalue weighted by Crippen LogP contribution is 2.34. The molecular formula is C17H15N3OS3. The van der Waals surface area contributed by atoms with Gasteiger partial charge in [0, 0.05) is 17.9 Å². The van der Waals surface area contributed by atoms with Gasteiger partial charge >= 0.3 is 0 Å². The Morgan fingerprint density at radius 3 is 3.04 bits per heavy atom. The molecule has 122 valence electrons. The third-order valence-electron chi connectivity index (χ3n) is 3.52. The van der Waals surface area contributed by atoms with Gasteiger partial charge in [0.2, 0.25) is 11.7 Å². The first-order valence-corrected chi connectivity index (χ1v) is 10.5. The second kappa shape index (κ2) is 7.55. The molecule has 24 heavy (non-hydrogen) atoms. The number of thioether (sulfide) groups is 2. The van der Waals surface area contributed by atoms with Crippen LogP contribution in [0.4, 0.5) is 5.69 Å². The molecule has 1 aliphatic rings. The molecule has 0 aliphatic carbocycles. The number of para-hydroxylation sites is 1. The van der Waals surface area contributed by atoms with E-state index in [1.54, 1.807) is 11.3 Å². The van der Waals surface area contributed by atoms with E-state index >= 15 is 0 Å². The van der Waals surface area contributed by atoms with Crippen molar-refractivity contribution in [2.75, 3.05) is 5.75 Å². The van der Waals surface area contributed by atoms with Crippen LogP contribution in [0.3, 0.4) is 0 Å². The van der Waals surface area contributed by atoms with Crippen LogP contribution >= 0.6 is 34.9 Å². The maximum Gasteiger partial charge on any atom is 0.227 e. The van der Waals surface area contributed by atoms with Gasteiger partial charge in [-0.15, -0.1) is 11.3 Å². The molecule has 0 amide bonds. The lowest BCUT2D eigenvalue weighted by Gasteiger charge is -2.13. The summed E-state index contributed by atoms with van der Waals surface area (Å²) in [6, 6.07) is 12.3. The molecule has 0 unspecified atom stereocenters. The average Bonchev–Trinajstić information content (AvgIpc) is 3.30. The molecule has 1 aliphatic heterocycles. The third kappa shape index (κ3) is 3.74. The van der Waals surface area contributed by atoms with E-state index in [0.717, 1.165) is 39.3 Å². The van der Waals surface area contributed by atoms with Gasteiger partial charge in [-0.05, 0) is 29.5 Å². The summed E-state index contributed by atoms with van der Waals surface area (Å²) >= 11 is 5.25. The van der Waals surface area contributed by atoms with Crippen LogP contribution in [0.5, 0.6) is 0 Å². The van der Waals surface area contributed by atoms with E-state index in [4.69, 9.17) is 9.52 Å². The number of nitrogens with zero attached hydrogens (tertiary/aromatic N) is 3. The minimum absolute atomic E-state index is 0.691. The number of hydrogen-bond acceptors (Lipinski definition) is 7. The van der Waals surface area contributed by atoms with Crippen molar-refractivity contribution >= 4 is 44.9 Å². The summed E-state index contributed by atoms with van der Waals surface area (Å²) in [6.45, 7) is 0. The first kappa shape index (κ1) is 15.9. The Morgan fingerprint density at radius 1 is 1.17 bits per heavy atom. The fraction of sp³-hybridized carbons (Fsp3) is 0.235. The molecule has 4 rings (SSSR count). The SMILES string of the molecule is c1csc(-c2noc(CCCSC3=Nc4ccccc4CS3)n2)c1. The molecule has 0 bridgehead atoms. The summed E-state index contributed by atoms with van der Waals surface area (Å²) < 4.78 is 6.48. The molecule has 0 saturated carbocycles. The Morgan fingerprint density at radius 2 is 2.12 bits per heavy atom. The van der Waals surface area contributed by atoms with Crippen LogP contribution < -0.4 is 0 Å². The lowest BCUT2D eigenvalue weighted by Crippen LogP contribution is -1.97. The van der Waals surface area contributed by atoms with Gasteiger partial charge in [0.05, 0.1) is 10.6 Å². The summed E-state index contributed by atoms with van der Waals surface area (Å²) in [5.74, 6) is 3.42. The minimum Gasteiger partial charge on any atom is -0.339 e. The van der Waals surface area contributed by atoms with Crippen molar-refractivity contribution in [2.45, 2.75) is 18.6 Å². The Hall–Kier alpha value is -1.57. The van der Waals surface area contributed by atoms with E-state index in [2.05, 4.69) is 28.3 Å². The molecular weight excluding hydrogens is 358 g/mol. The lowest BCUT2D eigenvalue weighted by molar-refractivity contribution is 0.378. The van der Waals surface area contributed by atoms with Crippen LogP contribution in [-0.2, 0) is 12.2 Å². The Balaban J connectivity index is 1.27. The fourth-order valence-corrected chi connectivity index (χ4v) is 5.05. The predicted molar refractivity (Wildman–Crippen MR) is 103 cm³/mol. The summed E-state index contributed by atoms with van der Waals surface area (Å²) in [4.78, 5) is 10.2. The van der Waals surface area contributed by atoms with Gasteiger partial charge in [-0.3, -0.25) is 0 Å². The summed E-state index contributed by atoms with van der Waals surface area (Å²) in [5, 5.41) is 6.06. The fourth-order valence-electron chi connectivity index (χ4n) is 2.33. The van der Waals surface area contributed by atoms with E-state index in [1.807, 2.05) is 47.1 Å². The van der Waals surface area contributed by atoms with Crippen LogP contribution in [0.1, 0.15) is 17.9 Å². The topological polar surface area (TPSA) is 51.3 Å². The molecule has 0 atom stereocenters. The number of thiophene rings is 1. The highest BCUT2D eigenvalue weighted by atomic mass is 32.2. The zero-order chi connectivity index (χ0) is 16.2. The van der Waals surface area contributed by atoms with Crippen molar-refractivity contribution in [3.05, 3.63) is 53.2 Å². The van der Waals surface area contributed by atoms with E-state index in [1.165, 1.54) is 5.56 Å². The molecule has 0 radical (unpaired) electrons. The molecule has 3 heterocycles. The first-order chi connectivity index (χ1) is 11.9. The molecule has 2 aromatic heterocycles. The lowest BCUT2D eigenvalue weighted by atomic mass is 10.2. The van der Waals surface area contributed by atoms with Crippen molar-refractivity contribution in [3.63, 3.8) is 0 Å². The highest BCUT2D eigenvalue weighted by Gasteiger charge is 2.13. The van der Waals surface area contributed by atoms with Gasteiger partial charge in [0.25, 0.3) is 0 Å². The molecule has 0 saturated heterocycles. The number of aromatic nitrogens is 2. The average molecular weight is 374 g/mol. The van der Waals surface area contributed by atoms with E-state index < -0.39 is 0 Å². The zero-order valence-electron chi connectivity index (χ0n) is 12.8. The summed E-state index contributed by atoms with van der Waals surface area (Å²) in [6.07, 6.45) is 1.80. The Bertz CT molecular complexity index is 842. The van der Waals surface area contributed by atoms with Gasteiger partial charge in [-0.25, -0.2) is 4.99 Å². The van der Waals surface area contributed by atoms with Gasteiger partial charge in [-0.1, -0.05) is 52.9 Å². The van der Waals surface area contributed by atoms with E-state index in [0.29, 0.717) is 11.7 Å². The van der Waals surface area contributed by atoms with Crippen LogP contribution in [0.15, 0.2) is 51.3 Å². The number of aryl methyl sites for hydroxylation is 1. The van der Waals surface area contributed by atoms with Crippen LogP contribution in [0, 0.1) is 0 Å². The summed E-state index contributed by atoms with van der Waals surface area (Å²) in [5.41, 5.74) is 2.43. The second-order valence-corrected chi connectivity index (χ2v) is 8.49. The van der Waals surface area contributed by atoms with Crippen molar-refractivity contribution < 1.29 is 4.52 Å². The van der Waals surface area contributed by atoms with Crippen molar-refractivity contribution in [2.24, 2.45) is 4.99 Å². The summed E-state index contributed by atoms with van der Waals surface area (Å²) in [7, 11) is 0. The maximum absolute atomic E-state index is 5.33. The van der Waals surface area contributed by atoms with E-state index in [-0.39, 0.29) is 0 Å².